The zero-order valence-electron chi connectivity index (χ0n) is 12.4. The minimum atomic E-state index is -0.348. The van der Waals surface area contributed by atoms with Crippen molar-refractivity contribution < 1.29 is 9.59 Å². The molecule has 0 saturated heterocycles. The number of hydrogen-bond acceptors (Lipinski definition) is 3. The number of halogens is 2. The lowest BCUT2D eigenvalue weighted by molar-refractivity contribution is -0.115. The molecule has 4 nitrogen and oxygen atoms in total. The van der Waals surface area contributed by atoms with Crippen molar-refractivity contribution in [1.82, 2.24) is 0 Å². The van der Waals surface area contributed by atoms with E-state index in [1.54, 1.807) is 24.3 Å². The van der Waals surface area contributed by atoms with Crippen molar-refractivity contribution in [3.8, 4) is 0 Å². The van der Waals surface area contributed by atoms with Crippen LogP contribution >= 0.6 is 31.9 Å². The number of hydrogen-bond donors (Lipinski definition) is 1. The van der Waals surface area contributed by atoms with Gasteiger partial charge in [-0.1, -0.05) is 28.1 Å². The van der Waals surface area contributed by atoms with E-state index in [0.29, 0.717) is 15.7 Å². The number of benzene rings is 2. The lowest BCUT2D eigenvalue weighted by atomic mass is 10.1. The number of fused-ring (bicyclic) bond motifs is 1. The maximum Gasteiger partial charge on any atom is 0.266 e. The third-order valence-electron chi connectivity index (χ3n) is 3.72. The van der Waals surface area contributed by atoms with Crippen molar-refractivity contribution in [2.45, 2.75) is 13.3 Å². The van der Waals surface area contributed by atoms with Crippen molar-refractivity contribution in [2.75, 3.05) is 16.8 Å². The van der Waals surface area contributed by atoms with Gasteiger partial charge < -0.3 is 5.32 Å². The number of rotatable bonds is 2. The lowest BCUT2D eigenvalue weighted by Gasteiger charge is -2.23. The van der Waals surface area contributed by atoms with Gasteiger partial charge in [0.05, 0.1) is 16.9 Å². The van der Waals surface area contributed by atoms with Gasteiger partial charge in [0.25, 0.3) is 5.91 Å². The third kappa shape index (κ3) is 3.05. The first-order valence-corrected chi connectivity index (χ1v) is 8.73. The summed E-state index contributed by atoms with van der Waals surface area (Å²) in [5.74, 6) is -0.668. The van der Waals surface area contributed by atoms with E-state index in [1.807, 2.05) is 12.1 Å². The Bertz CT molecular complexity index is 805. The van der Waals surface area contributed by atoms with Gasteiger partial charge in [0.15, 0.2) is 0 Å². The van der Waals surface area contributed by atoms with E-state index in [-0.39, 0.29) is 11.8 Å². The van der Waals surface area contributed by atoms with Crippen LogP contribution in [0.15, 0.2) is 45.3 Å². The predicted molar refractivity (Wildman–Crippen MR) is 98.0 cm³/mol. The zero-order chi connectivity index (χ0) is 16.6. The second-order valence-electron chi connectivity index (χ2n) is 5.28. The summed E-state index contributed by atoms with van der Waals surface area (Å²) < 4.78 is 1.51. The van der Waals surface area contributed by atoms with Gasteiger partial charge in [-0.25, -0.2) is 4.90 Å². The summed E-state index contributed by atoms with van der Waals surface area (Å²) in [6, 6.07) is 10.9. The molecule has 1 aliphatic rings. The molecule has 0 bridgehead atoms. The highest BCUT2D eigenvalue weighted by molar-refractivity contribution is 9.10. The van der Waals surface area contributed by atoms with E-state index in [0.717, 1.165) is 28.7 Å². The molecule has 6 heteroatoms. The van der Waals surface area contributed by atoms with Gasteiger partial charge in [0.2, 0.25) is 5.91 Å². The van der Waals surface area contributed by atoms with Crippen LogP contribution in [0.2, 0.25) is 0 Å². The number of amides is 2. The van der Waals surface area contributed by atoms with E-state index >= 15 is 0 Å². The fraction of sp³-hybridized carbons (Fsp3) is 0.176. The van der Waals surface area contributed by atoms with Crippen molar-refractivity contribution >= 4 is 55.0 Å². The minimum absolute atomic E-state index is 0.320. The molecule has 0 aromatic heterocycles. The predicted octanol–water partition coefficient (Wildman–Crippen LogP) is 4.37. The Hall–Kier alpha value is -1.66. The molecule has 0 saturated carbocycles. The van der Waals surface area contributed by atoms with Crippen LogP contribution in [0.25, 0.3) is 0 Å². The molecular weight excluding hydrogens is 424 g/mol. The molecule has 1 N–H and O–H groups in total. The summed E-state index contributed by atoms with van der Waals surface area (Å²) in [6.07, 6.45) is 0.872. The Morgan fingerprint density at radius 2 is 1.91 bits per heavy atom. The van der Waals surface area contributed by atoms with Crippen LogP contribution in [0.3, 0.4) is 0 Å². The van der Waals surface area contributed by atoms with Gasteiger partial charge in [-0.2, -0.15) is 0 Å². The number of nitrogens with zero attached hydrogens (tertiary/aromatic N) is 1. The van der Waals surface area contributed by atoms with E-state index in [9.17, 15) is 9.59 Å². The van der Waals surface area contributed by atoms with Gasteiger partial charge in [-0.3, -0.25) is 9.59 Å². The standard InChI is InChI=1S/C17H14Br2N2O2/c1-10(22)21(17(23)13-4-2-3-5-14(13)19)15-9-12(18)8-11-6-7-20-16(11)15/h2-5,8-9,20H,6-7H2,1H3. The lowest BCUT2D eigenvalue weighted by Crippen LogP contribution is -2.36. The maximum absolute atomic E-state index is 13.0. The van der Waals surface area contributed by atoms with Crippen molar-refractivity contribution in [3.63, 3.8) is 0 Å². The molecule has 2 aromatic carbocycles. The molecule has 118 valence electrons. The molecular formula is C17H14Br2N2O2. The van der Waals surface area contributed by atoms with Crippen molar-refractivity contribution in [2.24, 2.45) is 0 Å². The maximum atomic E-state index is 13.0. The molecule has 0 radical (unpaired) electrons. The Balaban J connectivity index is 2.13. The Labute approximate surface area is 151 Å². The highest BCUT2D eigenvalue weighted by Crippen LogP contribution is 2.37. The van der Waals surface area contributed by atoms with Gasteiger partial charge >= 0.3 is 0 Å². The van der Waals surface area contributed by atoms with Crippen LogP contribution in [-0.2, 0) is 11.2 Å². The summed E-state index contributed by atoms with van der Waals surface area (Å²) in [7, 11) is 0. The molecule has 1 heterocycles. The van der Waals surface area contributed by atoms with Gasteiger partial charge in [-0.15, -0.1) is 0 Å². The Morgan fingerprint density at radius 3 is 2.61 bits per heavy atom. The summed E-state index contributed by atoms with van der Waals surface area (Å²) >= 11 is 6.85. The first-order valence-electron chi connectivity index (χ1n) is 7.15. The van der Waals surface area contributed by atoms with Crippen molar-refractivity contribution in [3.05, 3.63) is 56.5 Å². The second-order valence-corrected chi connectivity index (χ2v) is 7.05. The monoisotopic (exact) mass is 436 g/mol. The zero-order valence-corrected chi connectivity index (χ0v) is 15.6. The van der Waals surface area contributed by atoms with Gasteiger partial charge in [0, 0.05) is 22.4 Å². The van der Waals surface area contributed by atoms with Crippen LogP contribution in [0, 0.1) is 0 Å². The molecule has 23 heavy (non-hydrogen) atoms. The first kappa shape index (κ1) is 16.2. The molecule has 0 spiro atoms. The average Bonchev–Trinajstić information content (AvgIpc) is 2.95. The van der Waals surface area contributed by atoms with E-state index in [4.69, 9.17) is 0 Å². The normalized spacial score (nSPS) is 12.5. The summed E-state index contributed by atoms with van der Waals surface area (Å²) in [5, 5.41) is 3.27. The fourth-order valence-electron chi connectivity index (χ4n) is 2.72. The molecule has 0 fully saturated rings. The van der Waals surface area contributed by atoms with Gasteiger partial charge in [-0.05, 0) is 52.2 Å². The minimum Gasteiger partial charge on any atom is -0.383 e. The molecule has 0 atom stereocenters. The molecule has 3 rings (SSSR count). The number of carbonyl (C=O) groups excluding carboxylic acids is 2. The Kier molecular flexibility index (Phi) is 4.55. The highest BCUT2D eigenvalue weighted by Gasteiger charge is 2.28. The topological polar surface area (TPSA) is 49.4 Å². The number of imide groups is 1. The fourth-order valence-corrected chi connectivity index (χ4v) is 3.67. The second kappa shape index (κ2) is 6.45. The van der Waals surface area contributed by atoms with Crippen LogP contribution in [0.1, 0.15) is 22.8 Å². The summed E-state index contributed by atoms with van der Waals surface area (Å²) in [6.45, 7) is 2.20. The van der Waals surface area contributed by atoms with Crippen LogP contribution in [0.5, 0.6) is 0 Å². The largest absolute Gasteiger partial charge is 0.383 e. The van der Waals surface area contributed by atoms with Gasteiger partial charge in [0.1, 0.15) is 0 Å². The number of carbonyl (C=O) groups is 2. The molecule has 0 unspecified atom stereocenters. The Morgan fingerprint density at radius 1 is 1.17 bits per heavy atom. The van der Waals surface area contributed by atoms with Crippen LogP contribution < -0.4 is 10.2 Å². The highest BCUT2D eigenvalue weighted by atomic mass is 79.9. The number of nitrogens with one attached hydrogen (secondary N) is 1. The smallest absolute Gasteiger partial charge is 0.266 e. The summed E-state index contributed by atoms with van der Waals surface area (Å²) in [5.41, 5.74) is 2.99. The SMILES string of the molecule is CC(=O)N(C(=O)c1ccccc1Br)c1cc(Br)cc2c1NCC2. The first-order chi connectivity index (χ1) is 11.0. The van der Waals surface area contributed by atoms with Crippen molar-refractivity contribution in [1.29, 1.82) is 0 Å². The van der Waals surface area contributed by atoms with E-state index in [2.05, 4.69) is 37.2 Å². The van der Waals surface area contributed by atoms with E-state index < -0.39 is 0 Å². The van der Waals surface area contributed by atoms with Crippen LogP contribution in [0.4, 0.5) is 11.4 Å². The average molecular weight is 438 g/mol. The quantitative estimate of drug-likeness (QED) is 0.758. The molecule has 1 aliphatic heterocycles. The molecule has 0 aliphatic carbocycles. The van der Waals surface area contributed by atoms with E-state index in [1.165, 1.54) is 11.8 Å². The summed E-state index contributed by atoms with van der Waals surface area (Å²) in [4.78, 5) is 26.4. The third-order valence-corrected chi connectivity index (χ3v) is 4.87. The molecule has 2 amide bonds. The molecule has 2 aromatic rings. The van der Waals surface area contributed by atoms with Crippen LogP contribution in [-0.4, -0.2) is 18.4 Å². The number of anilines is 2.